The molecule has 0 spiro atoms. The minimum atomic E-state index is -0.550. The van der Waals surface area contributed by atoms with E-state index >= 15 is 0 Å². The molecule has 0 bridgehead atoms. The number of ether oxygens (including phenoxy) is 1. The molecule has 2 aromatic rings. The maximum atomic E-state index is 12.4. The van der Waals surface area contributed by atoms with Gasteiger partial charge in [0.1, 0.15) is 0 Å². The van der Waals surface area contributed by atoms with Gasteiger partial charge in [0.15, 0.2) is 12.4 Å². The fourth-order valence-electron chi connectivity index (χ4n) is 3.64. The molecule has 1 amide bonds. The van der Waals surface area contributed by atoms with Crippen molar-refractivity contribution in [2.45, 2.75) is 52.5 Å². The van der Waals surface area contributed by atoms with E-state index in [-0.39, 0.29) is 18.6 Å². The molecule has 7 heteroatoms. The first-order chi connectivity index (χ1) is 13.3. The standard InChI is InChI=1S/C21H28N4O3/c1-14-5-8-18(9-6-14)24(4)20(26)13-28-21(27)17-7-10-19(22-12-17)25-16(3)11-15(2)23-25/h7,10-12,14,18H,5-6,8-9,13H2,1-4H3. The maximum Gasteiger partial charge on any atom is 0.340 e. The summed E-state index contributed by atoms with van der Waals surface area (Å²) >= 11 is 0. The lowest BCUT2D eigenvalue weighted by Gasteiger charge is -2.33. The maximum absolute atomic E-state index is 12.4. The van der Waals surface area contributed by atoms with E-state index in [1.165, 1.54) is 6.20 Å². The smallest absolute Gasteiger partial charge is 0.340 e. The molecule has 3 rings (SSSR count). The van der Waals surface area contributed by atoms with Crippen molar-refractivity contribution < 1.29 is 14.3 Å². The molecule has 150 valence electrons. The third-order valence-corrected chi connectivity index (χ3v) is 5.46. The summed E-state index contributed by atoms with van der Waals surface area (Å²) in [5.41, 5.74) is 2.18. The van der Waals surface area contributed by atoms with Crippen LogP contribution in [0.2, 0.25) is 0 Å². The van der Waals surface area contributed by atoms with Crippen LogP contribution < -0.4 is 0 Å². The minimum Gasteiger partial charge on any atom is -0.452 e. The zero-order valence-electron chi connectivity index (χ0n) is 17.0. The highest BCUT2D eigenvalue weighted by Gasteiger charge is 2.25. The normalized spacial score (nSPS) is 19.3. The predicted molar refractivity (Wildman–Crippen MR) is 105 cm³/mol. The first-order valence-electron chi connectivity index (χ1n) is 9.77. The largest absolute Gasteiger partial charge is 0.452 e. The fourth-order valence-corrected chi connectivity index (χ4v) is 3.64. The molecule has 0 saturated heterocycles. The minimum absolute atomic E-state index is 0.167. The summed E-state index contributed by atoms with van der Waals surface area (Å²) < 4.78 is 6.92. The molecule has 1 aliphatic rings. The van der Waals surface area contributed by atoms with Crippen molar-refractivity contribution in [2.24, 2.45) is 5.92 Å². The van der Waals surface area contributed by atoms with Crippen molar-refractivity contribution in [2.75, 3.05) is 13.7 Å². The number of amides is 1. The second-order valence-corrected chi connectivity index (χ2v) is 7.74. The van der Waals surface area contributed by atoms with Crippen molar-refractivity contribution >= 4 is 11.9 Å². The Labute approximate surface area is 165 Å². The van der Waals surface area contributed by atoms with E-state index in [0.717, 1.165) is 43.0 Å². The third kappa shape index (κ3) is 4.58. The highest BCUT2D eigenvalue weighted by molar-refractivity contribution is 5.91. The number of carbonyl (C=O) groups excluding carboxylic acids is 2. The average molecular weight is 384 g/mol. The van der Waals surface area contributed by atoms with Gasteiger partial charge in [-0.1, -0.05) is 6.92 Å². The molecule has 2 heterocycles. The molecule has 1 fully saturated rings. The first kappa shape index (κ1) is 20.0. The Balaban J connectivity index is 1.54. The fraction of sp³-hybridized carbons (Fsp3) is 0.524. The number of aryl methyl sites for hydroxylation is 2. The van der Waals surface area contributed by atoms with E-state index in [4.69, 9.17) is 4.74 Å². The predicted octanol–water partition coefficient (Wildman–Crippen LogP) is 3.08. The Morgan fingerprint density at radius 3 is 2.50 bits per heavy atom. The molecule has 28 heavy (non-hydrogen) atoms. The Morgan fingerprint density at radius 2 is 1.93 bits per heavy atom. The van der Waals surface area contributed by atoms with E-state index in [1.807, 2.05) is 19.9 Å². The highest BCUT2D eigenvalue weighted by atomic mass is 16.5. The lowest BCUT2D eigenvalue weighted by atomic mass is 9.87. The molecule has 1 saturated carbocycles. The van der Waals surface area contributed by atoms with Gasteiger partial charge < -0.3 is 9.64 Å². The number of hydrogen-bond acceptors (Lipinski definition) is 5. The van der Waals surface area contributed by atoms with Gasteiger partial charge in [-0.3, -0.25) is 4.79 Å². The monoisotopic (exact) mass is 384 g/mol. The average Bonchev–Trinajstić information content (AvgIpc) is 3.04. The molecule has 0 atom stereocenters. The Kier molecular flexibility index (Phi) is 6.11. The first-order valence-corrected chi connectivity index (χ1v) is 9.77. The zero-order valence-corrected chi connectivity index (χ0v) is 17.0. The number of pyridine rings is 1. The van der Waals surface area contributed by atoms with Gasteiger partial charge in [0, 0.05) is 25.0 Å². The van der Waals surface area contributed by atoms with Gasteiger partial charge in [0.2, 0.25) is 0 Å². The van der Waals surface area contributed by atoms with E-state index < -0.39 is 5.97 Å². The quantitative estimate of drug-likeness (QED) is 0.741. The van der Waals surface area contributed by atoms with Gasteiger partial charge in [-0.15, -0.1) is 0 Å². The molecule has 0 N–H and O–H groups in total. The topological polar surface area (TPSA) is 77.3 Å². The van der Waals surface area contributed by atoms with E-state index in [0.29, 0.717) is 11.4 Å². The summed E-state index contributed by atoms with van der Waals surface area (Å²) in [5.74, 6) is 0.638. The van der Waals surface area contributed by atoms with E-state index in [1.54, 1.807) is 28.8 Å². The van der Waals surface area contributed by atoms with Crippen LogP contribution >= 0.6 is 0 Å². The molecule has 0 aliphatic heterocycles. The van der Waals surface area contributed by atoms with Gasteiger partial charge >= 0.3 is 5.97 Å². The van der Waals surface area contributed by atoms with Crippen molar-refractivity contribution in [1.29, 1.82) is 0 Å². The van der Waals surface area contributed by atoms with Crippen LogP contribution in [-0.4, -0.2) is 51.2 Å². The summed E-state index contributed by atoms with van der Waals surface area (Å²) in [6.45, 7) is 5.85. The van der Waals surface area contributed by atoms with Crippen molar-refractivity contribution in [3.8, 4) is 5.82 Å². The summed E-state index contributed by atoms with van der Waals surface area (Å²) in [5, 5.41) is 4.37. The van der Waals surface area contributed by atoms with Crippen LogP contribution in [0.15, 0.2) is 24.4 Å². The SMILES string of the molecule is Cc1cc(C)n(-c2ccc(C(=O)OCC(=O)N(C)C3CCC(C)CC3)cn2)n1. The van der Waals surface area contributed by atoms with Crippen LogP contribution in [0.25, 0.3) is 5.82 Å². The molecular formula is C21H28N4O3. The van der Waals surface area contributed by atoms with Crippen LogP contribution in [0.5, 0.6) is 0 Å². The number of hydrogen-bond donors (Lipinski definition) is 0. The number of nitrogens with zero attached hydrogens (tertiary/aromatic N) is 4. The molecule has 7 nitrogen and oxygen atoms in total. The second kappa shape index (κ2) is 8.54. The number of carbonyl (C=O) groups is 2. The van der Waals surface area contributed by atoms with Gasteiger partial charge in [0.05, 0.1) is 11.3 Å². The van der Waals surface area contributed by atoms with Crippen LogP contribution in [-0.2, 0) is 9.53 Å². The number of rotatable bonds is 5. The lowest BCUT2D eigenvalue weighted by molar-refractivity contribution is -0.136. The van der Waals surface area contributed by atoms with Gasteiger partial charge in [-0.05, 0) is 63.6 Å². The lowest BCUT2D eigenvalue weighted by Crippen LogP contribution is -2.41. The third-order valence-electron chi connectivity index (χ3n) is 5.46. The van der Waals surface area contributed by atoms with Crippen LogP contribution in [0.4, 0.5) is 0 Å². The number of likely N-dealkylation sites (N-methyl/N-ethyl adjacent to an activating group) is 1. The van der Waals surface area contributed by atoms with E-state index in [9.17, 15) is 9.59 Å². The van der Waals surface area contributed by atoms with Gasteiger partial charge in [-0.2, -0.15) is 5.10 Å². The Hall–Kier alpha value is -2.70. The molecule has 0 unspecified atom stereocenters. The zero-order chi connectivity index (χ0) is 20.3. The molecule has 0 aromatic carbocycles. The summed E-state index contributed by atoms with van der Waals surface area (Å²) in [4.78, 5) is 30.6. The van der Waals surface area contributed by atoms with Crippen molar-refractivity contribution in [1.82, 2.24) is 19.7 Å². The summed E-state index contributed by atoms with van der Waals surface area (Å²) in [6.07, 6.45) is 5.74. The summed E-state index contributed by atoms with van der Waals surface area (Å²) in [7, 11) is 1.79. The summed E-state index contributed by atoms with van der Waals surface area (Å²) in [6, 6.07) is 5.55. The second-order valence-electron chi connectivity index (χ2n) is 7.74. The molecule has 0 radical (unpaired) electrons. The Bertz CT molecular complexity index is 836. The van der Waals surface area contributed by atoms with Gasteiger partial charge in [-0.25, -0.2) is 14.5 Å². The van der Waals surface area contributed by atoms with Crippen molar-refractivity contribution in [3.05, 3.63) is 41.3 Å². The highest BCUT2D eigenvalue weighted by Crippen LogP contribution is 2.26. The Morgan fingerprint density at radius 1 is 1.21 bits per heavy atom. The van der Waals surface area contributed by atoms with Crippen LogP contribution in [0.3, 0.4) is 0 Å². The van der Waals surface area contributed by atoms with Crippen LogP contribution in [0.1, 0.15) is 54.4 Å². The van der Waals surface area contributed by atoms with Gasteiger partial charge in [0.25, 0.3) is 5.91 Å². The molecular weight excluding hydrogens is 356 g/mol. The molecule has 2 aromatic heterocycles. The van der Waals surface area contributed by atoms with Crippen molar-refractivity contribution in [3.63, 3.8) is 0 Å². The number of esters is 1. The number of aromatic nitrogens is 3. The molecule has 1 aliphatic carbocycles. The van der Waals surface area contributed by atoms with Crippen LogP contribution in [0, 0.1) is 19.8 Å². The van der Waals surface area contributed by atoms with E-state index in [2.05, 4.69) is 17.0 Å².